The number of H-pyrrole nitrogens is 1. The smallest absolute Gasteiger partial charge is 0.253 e. The molecule has 0 radical (unpaired) electrons. The maximum atomic E-state index is 12.7. The summed E-state index contributed by atoms with van der Waals surface area (Å²) in [6, 6.07) is 5.89. The Hall–Kier alpha value is -1.81. The number of fused-ring (bicyclic) bond motifs is 1. The van der Waals surface area contributed by atoms with E-state index in [4.69, 9.17) is 5.73 Å². The van der Waals surface area contributed by atoms with E-state index in [0.717, 1.165) is 48.8 Å². The Bertz CT molecular complexity index is 597. The molecule has 0 saturated carbocycles. The van der Waals surface area contributed by atoms with Gasteiger partial charge in [-0.2, -0.15) is 0 Å². The second-order valence-corrected chi connectivity index (χ2v) is 5.41. The molecular formula is C17H25N3O. The molecular weight excluding hydrogens is 262 g/mol. The van der Waals surface area contributed by atoms with Gasteiger partial charge in [0, 0.05) is 35.8 Å². The molecule has 0 aliphatic carbocycles. The van der Waals surface area contributed by atoms with Crippen LogP contribution in [0, 0.1) is 0 Å². The van der Waals surface area contributed by atoms with Crippen LogP contribution in [0.3, 0.4) is 0 Å². The summed E-state index contributed by atoms with van der Waals surface area (Å²) in [6.45, 7) is 6.44. The van der Waals surface area contributed by atoms with Gasteiger partial charge in [0.1, 0.15) is 0 Å². The Morgan fingerprint density at radius 2 is 1.95 bits per heavy atom. The predicted octanol–water partition coefficient (Wildman–Crippen LogP) is 2.93. The van der Waals surface area contributed by atoms with Gasteiger partial charge in [0.25, 0.3) is 5.91 Å². The van der Waals surface area contributed by atoms with Crippen LogP contribution in [0.4, 0.5) is 0 Å². The van der Waals surface area contributed by atoms with Crippen molar-refractivity contribution in [3.63, 3.8) is 0 Å². The Morgan fingerprint density at radius 3 is 2.57 bits per heavy atom. The Balaban J connectivity index is 2.31. The maximum absolute atomic E-state index is 12.7. The fraction of sp³-hybridized carbons (Fsp3) is 0.471. The predicted molar refractivity (Wildman–Crippen MR) is 87.5 cm³/mol. The molecule has 1 heterocycles. The Kier molecular flexibility index (Phi) is 5.39. The minimum Gasteiger partial charge on any atom is -0.361 e. The number of hydrogen-bond acceptors (Lipinski definition) is 2. The molecule has 1 amide bonds. The zero-order valence-electron chi connectivity index (χ0n) is 13.0. The standard InChI is InChI=1S/C17H25N3O/c1-3-9-20(10-4-2)17(21)13-5-6-16-15(11-13)14(7-8-18)12-19-16/h5-6,11-12,19H,3-4,7-10,18H2,1-2H3. The van der Waals surface area contributed by atoms with Crippen LogP contribution in [0.5, 0.6) is 0 Å². The average molecular weight is 287 g/mol. The summed E-state index contributed by atoms with van der Waals surface area (Å²) in [7, 11) is 0. The summed E-state index contributed by atoms with van der Waals surface area (Å²) in [4.78, 5) is 17.8. The van der Waals surface area contributed by atoms with Crippen LogP contribution in [0.2, 0.25) is 0 Å². The van der Waals surface area contributed by atoms with E-state index in [-0.39, 0.29) is 5.91 Å². The molecule has 4 nitrogen and oxygen atoms in total. The van der Waals surface area contributed by atoms with E-state index in [1.165, 1.54) is 5.56 Å². The van der Waals surface area contributed by atoms with Crippen molar-refractivity contribution >= 4 is 16.8 Å². The third-order valence-corrected chi connectivity index (χ3v) is 3.70. The minimum absolute atomic E-state index is 0.125. The third-order valence-electron chi connectivity index (χ3n) is 3.70. The van der Waals surface area contributed by atoms with Gasteiger partial charge in [-0.15, -0.1) is 0 Å². The molecule has 3 N–H and O–H groups in total. The molecule has 2 aromatic rings. The summed E-state index contributed by atoms with van der Waals surface area (Å²) in [6.07, 6.45) is 4.78. The van der Waals surface area contributed by atoms with Crippen molar-refractivity contribution < 1.29 is 4.79 Å². The molecule has 0 aliphatic heterocycles. The highest BCUT2D eigenvalue weighted by atomic mass is 16.2. The van der Waals surface area contributed by atoms with E-state index in [0.29, 0.717) is 6.54 Å². The van der Waals surface area contributed by atoms with Crippen molar-refractivity contribution in [2.45, 2.75) is 33.1 Å². The SMILES string of the molecule is CCCN(CCC)C(=O)c1ccc2[nH]cc(CCN)c2c1. The number of benzene rings is 1. The number of nitrogens with one attached hydrogen (secondary N) is 1. The molecule has 0 spiro atoms. The second kappa shape index (κ2) is 7.27. The number of nitrogens with two attached hydrogens (primary N) is 1. The van der Waals surface area contributed by atoms with Gasteiger partial charge in [0.05, 0.1) is 0 Å². The van der Waals surface area contributed by atoms with Gasteiger partial charge in [-0.25, -0.2) is 0 Å². The molecule has 0 bridgehead atoms. The highest BCUT2D eigenvalue weighted by molar-refractivity contribution is 5.98. The largest absolute Gasteiger partial charge is 0.361 e. The van der Waals surface area contributed by atoms with Gasteiger partial charge >= 0.3 is 0 Å². The minimum atomic E-state index is 0.125. The topological polar surface area (TPSA) is 62.1 Å². The summed E-state index contributed by atoms with van der Waals surface area (Å²) < 4.78 is 0. The molecule has 114 valence electrons. The first-order valence-corrected chi connectivity index (χ1v) is 7.80. The Labute approximate surface area is 126 Å². The summed E-state index contributed by atoms with van der Waals surface area (Å²) >= 11 is 0. The molecule has 1 aromatic carbocycles. The monoisotopic (exact) mass is 287 g/mol. The van der Waals surface area contributed by atoms with Crippen molar-refractivity contribution in [3.05, 3.63) is 35.5 Å². The number of aromatic nitrogens is 1. The number of carbonyl (C=O) groups is 1. The number of aromatic amines is 1. The van der Waals surface area contributed by atoms with Crippen LogP contribution in [0.15, 0.2) is 24.4 Å². The maximum Gasteiger partial charge on any atom is 0.253 e. The van der Waals surface area contributed by atoms with Crippen LogP contribution in [-0.4, -0.2) is 35.4 Å². The van der Waals surface area contributed by atoms with Gasteiger partial charge in [0.2, 0.25) is 0 Å². The van der Waals surface area contributed by atoms with Crippen molar-refractivity contribution in [2.75, 3.05) is 19.6 Å². The summed E-state index contributed by atoms with van der Waals surface area (Å²) in [5, 5.41) is 1.11. The van der Waals surface area contributed by atoms with Gasteiger partial charge in [0.15, 0.2) is 0 Å². The van der Waals surface area contributed by atoms with Crippen LogP contribution in [0.25, 0.3) is 10.9 Å². The lowest BCUT2D eigenvalue weighted by Gasteiger charge is -2.21. The summed E-state index contributed by atoms with van der Waals surface area (Å²) in [5.41, 5.74) is 8.66. The first-order chi connectivity index (χ1) is 10.2. The molecule has 21 heavy (non-hydrogen) atoms. The lowest BCUT2D eigenvalue weighted by atomic mass is 10.1. The number of hydrogen-bond donors (Lipinski definition) is 2. The van der Waals surface area contributed by atoms with Crippen molar-refractivity contribution in [1.29, 1.82) is 0 Å². The van der Waals surface area contributed by atoms with Crippen molar-refractivity contribution in [3.8, 4) is 0 Å². The fourth-order valence-electron chi connectivity index (χ4n) is 2.71. The first kappa shape index (κ1) is 15.6. The molecule has 4 heteroatoms. The van der Waals surface area contributed by atoms with E-state index in [2.05, 4.69) is 18.8 Å². The summed E-state index contributed by atoms with van der Waals surface area (Å²) in [5.74, 6) is 0.125. The van der Waals surface area contributed by atoms with Crippen LogP contribution >= 0.6 is 0 Å². The number of carbonyl (C=O) groups excluding carboxylic acids is 1. The van der Waals surface area contributed by atoms with E-state index >= 15 is 0 Å². The van der Waals surface area contributed by atoms with Gasteiger partial charge in [-0.3, -0.25) is 4.79 Å². The zero-order valence-corrected chi connectivity index (χ0v) is 13.0. The molecule has 0 atom stereocenters. The first-order valence-electron chi connectivity index (χ1n) is 7.80. The van der Waals surface area contributed by atoms with E-state index < -0.39 is 0 Å². The molecule has 0 fully saturated rings. The molecule has 0 unspecified atom stereocenters. The molecule has 2 rings (SSSR count). The van der Waals surface area contributed by atoms with Gasteiger partial charge in [-0.05, 0) is 49.6 Å². The van der Waals surface area contributed by atoms with E-state index in [1.807, 2.05) is 29.3 Å². The number of rotatable bonds is 7. The van der Waals surface area contributed by atoms with Gasteiger partial charge < -0.3 is 15.6 Å². The third kappa shape index (κ3) is 3.45. The molecule has 0 aliphatic rings. The van der Waals surface area contributed by atoms with Crippen LogP contribution in [0.1, 0.15) is 42.6 Å². The fourth-order valence-corrected chi connectivity index (χ4v) is 2.71. The average Bonchev–Trinajstić information content (AvgIpc) is 2.89. The molecule has 1 aromatic heterocycles. The zero-order chi connectivity index (χ0) is 15.2. The lowest BCUT2D eigenvalue weighted by Crippen LogP contribution is -2.32. The highest BCUT2D eigenvalue weighted by Crippen LogP contribution is 2.21. The number of amides is 1. The van der Waals surface area contributed by atoms with Crippen molar-refractivity contribution in [2.24, 2.45) is 5.73 Å². The second-order valence-electron chi connectivity index (χ2n) is 5.41. The Morgan fingerprint density at radius 1 is 1.24 bits per heavy atom. The van der Waals surface area contributed by atoms with E-state index in [1.54, 1.807) is 0 Å². The highest BCUT2D eigenvalue weighted by Gasteiger charge is 2.15. The lowest BCUT2D eigenvalue weighted by molar-refractivity contribution is 0.0756. The van der Waals surface area contributed by atoms with Gasteiger partial charge in [-0.1, -0.05) is 13.8 Å². The quantitative estimate of drug-likeness (QED) is 0.822. The van der Waals surface area contributed by atoms with Crippen molar-refractivity contribution in [1.82, 2.24) is 9.88 Å². The van der Waals surface area contributed by atoms with E-state index in [9.17, 15) is 4.79 Å². The molecule has 0 saturated heterocycles. The van der Waals surface area contributed by atoms with Crippen LogP contribution in [-0.2, 0) is 6.42 Å². The normalized spacial score (nSPS) is 11.0. The van der Waals surface area contributed by atoms with Crippen LogP contribution < -0.4 is 5.73 Å². The number of nitrogens with zero attached hydrogens (tertiary/aromatic N) is 1.